The van der Waals surface area contributed by atoms with Crippen molar-refractivity contribution < 1.29 is 19.1 Å². The first-order valence-corrected chi connectivity index (χ1v) is 10.2. The van der Waals surface area contributed by atoms with Gasteiger partial charge in [0.2, 0.25) is 0 Å². The number of hydrogen-bond acceptors (Lipinski definition) is 4. The van der Waals surface area contributed by atoms with Crippen molar-refractivity contribution in [1.82, 2.24) is 10.3 Å². The number of para-hydroxylation sites is 2. The Bertz CT molecular complexity index is 1100. The Labute approximate surface area is 180 Å². The van der Waals surface area contributed by atoms with Crippen molar-refractivity contribution in [3.8, 4) is 0 Å². The number of esters is 1. The molecular weight excluding hydrogens is 394 g/mol. The molecule has 160 valence electrons. The highest BCUT2D eigenvalue weighted by Crippen LogP contribution is 2.28. The Morgan fingerprint density at radius 3 is 2.42 bits per heavy atom. The van der Waals surface area contributed by atoms with E-state index in [-0.39, 0.29) is 12.5 Å². The largest absolute Gasteiger partial charge is 0.460 e. The quantitative estimate of drug-likeness (QED) is 0.635. The standard InChI is InChI=1S/C24H25N3O4/c1-24(2,3)31-23(30)17-14-27(16-10-5-4-6-11-16)22(29)20(17)26-21(28)19-13-15-9-7-8-12-18(15)25-19/h4-13,17,20,25H,14H2,1-3H3,(H,26,28)/t17-,20-/m0/s1. The lowest BCUT2D eigenvalue weighted by Crippen LogP contribution is -2.47. The second-order valence-electron chi connectivity index (χ2n) is 8.65. The van der Waals surface area contributed by atoms with Gasteiger partial charge in [-0.3, -0.25) is 14.4 Å². The maximum atomic E-state index is 13.2. The average Bonchev–Trinajstić information content (AvgIpc) is 3.29. The van der Waals surface area contributed by atoms with E-state index in [1.807, 2.05) is 42.5 Å². The third kappa shape index (κ3) is 4.30. The highest BCUT2D eigenvalue weighted by molar-refractivity contribution is 6.07. The first-order chi connectivity index (χ1) is 14.7. The Morgan fingerprint density at radius 2 is 1.74 bits per heavy atom. The monoisotopic (exact) mass is 419 g/mol. The number of benzene rings is 2. The van der Waals surface area contributed by atoms with Gasteiger partial charge in [-0.2, -0.15) is 0 Å². The molecule has 0 spiro atoms. The Hall–Kier alpha value is -3.61. The number of nitrogens with zero attached hydrogens (tertiary/aromatic N) is 1. The third-order valence-corrected chi connectivity index (χ3v) is 5.15. The minimum atomic E-state index is -1.02. The lowest BCUT2D eigenvalue weighted by molar-refractivity contribution is -0.160. The van der Waals surface area contributed by atoms with Crippen molar-refractivity contribution in [3.05, 3.63) is 66.4 Å². The summed E-state index contributed by atoms with van der Waals surface area (Å²) >= 11 is 0. The summed E-state index contributed by atoms with van der Waals surface area (Å²) in [5.41, 5.74) is 1.12. The zero-order valence-corrected chi connectivity index (χ0v) is 17.7. The maximum Gasteiger partial charge on any atom is 0.313 e. The fraction of sp³-hybridized carbons (Fsp3) is 0.292. The molecule has 0 aliphatic carbocycles. The molecule has 2 amide bonds. The van der Waals surface area contributed by atoms with Gasteiger partial charge in [-0.1, -0.05) is 36.4 Å². The molecule has 3 aromatic rings. The van der Waals surface area contributed by atoms with Crippen LogP contribution in [0.3, 0.4) is 0 Å². The lowest BCUT2D eigenvalue weighted by atomic mass is 10.0. The van der Waals surface area contributed by atoms with Crippen molar-refractivity contribution in [2.75, 3.05) is 11.4 Å². The van der Waals surface area contributed by atoms with E-state index in [4.69, 9.17) is 4.74 Å². The summed E-state index contributed by atoms with van der Waals surface area (Å²) < 4.78 is 5.54. The number of aromatic amines is 1. The van der Waals surface area contributed by atoms with Gasteiger partial charge in [0.15, 0.2) is 0 Å². The van der Waals surface area contributed by atoms with Crippen LogP contribution in [0.25, 0.3) is 10.9 Å². The summed E-state index contributed by atoms with van der Waals surface area (Å²) in [6.45, 7) is 5.45. The summed E-state index contributed by atoms with van der Waals surface area (Å²) in [7, 11) is 0. The van der Waals surface area contributed by atoms with Crippen molar-refractivity contribution >= 4 is 34.4 Å². The van der Waals surface area contributed by atoms with Gasteiger partial charge in [-0.05, 0) is 45.0 Å². The highest BCUT2D eigenvalue weighted by Gasteiger charge is 2.47. The molecule has 2 aromatic carbocycles. The molecule has 31 heavy (non-hydrogen) atoms. The normalized spacial score (nSPS) is 18.9. The molecule has 0 unspecified atom stereocenters. The highest BCUT2D eigenvalue weighted by atomic mass is 16.6. The molecular formula is C24H25N3O4. The zero-order chi connectivity index (χ0) is 22.2. The van der Waals surface area contributed by atoms with Crippen LogP contribution in [0.5, 0.6) is 0 Å². The van der Waals surface area contributed by atoms with E-state index in [0.29, 0.717) is 11.4 Å². The molecule has 1 aliphatic rings. The van der Waals surface area contributed by atoms with E-state index >= 15 is 0 Å². The molecule has 7 heteroatoms. The van der Waals surface area contributed by atoms with Crippen molar-refractivity contribution in [3.63, 3.8) is 0 Å². The number of fused-ring (bicyclic) bond motifs is 1. The maximum absolute atomic E-state index is 13.2. The minimum Gasteiger partial charge on any atom is -0.460 e. The zero-order valence-electron chi connectivity index (χ0n) is 17.7. The number of anilines is 1. The molecule has 0 bridgehead atoms. The van der Waals surface area contributed by atoms with E-state index in [1.54, 1.807) is 39.0 Å². The molecule has 4 rings (SSSR count). The first-order valence-electron chi connectivity index (χ1n) is 10.2. The topological polar surface area (TPSA) is 91.5 Å². The lowest BCUT2D eigenvalue weighted by Gasteiger charge is -2.24. The second-order valence-corrected chi connectivity index (χ2v) is 8.65. The number of nitrogens with one attached hydrogen (secondary N) is 2. The molecule has 1 saturated heterocycles. The van der Waals surface area contributed by atoms with E-state index < -0.39 is 29.4 Å². The predicted molar refractivity (Wildman–Crippen MR) is 118 cm³/mol. The van der Waals surface area contributed by atoms with E-state index in [1.165, 1.54) is 4.90 Å². The number of rotatable bonds is 4. The molecule has 0 saturated carbocycles. The number of aromatic nitrogens is 1. The molecule has 1 aromatic heterocycles. The number of carbonyl (C=O) groups is 3. The summed E-state index contributed by atoms with van der Waals surface area (Å²) in [5, 5.41) is 3.65. The van der Waals surface area contributed by atoms with Crippen LogP contribution in [0.4, 0.5) is 5.69 Å². The molecule has 7 nitrogen and oxygen atoms in total. The van der Waals surface area contributed by atoms with E-state index in [9.17, 15) is 14.4 Å². The number of amides is 2. The number of hydrogen-bond donors (Lipinski definition) is 2. The van der Waals surface area contributed by atoms with Crippen molar-refractivity contribution in [2.45, 2.75) is 32.4 Å². The summed E-state index contributed by atoms with van der Waals surface area (Å²) in [6.07, 6.45) is 0. The average molecular weight is 419 g/mol. The molecule has 1 fully saturated rings. The minimum absolute atomic E-state index is 0.134. The van der Waals surface area contributed by atoms with Crippen LogP contribution in [0.1, 0.15) is 31.3 Å². The van der Waals surface area contributed by atoms with Crippen molar-refractivity contribution in [2.24, 2.45) is 5.92 Å². The van der Waals surface area contributed by atoms with Crippen LogP contribution < -0.4 is 10.2 Å². The van der Waals surface area contributed by atoms with Crippen LogP contribution in [-0.4, -0.2) is 41.0 Å². The van der Waals surface area contributed by atoms with Gasteiger partial charge >= 0.3 is 5.97 Å². The van der Waals surface area contributed by atoms with Crippen LogP contribution in [0, 0.1) is 5.92 Å². The molecule has 2 atom stereocenters. The van der Waals surface area contributed by atoms with Crippen LogP contribution in [-0.2, 0) is 14.3 Å². The van der Waals surface area contributed by atoms with Gasteiger partial charge in [0, 0.05) is 23.1 Å². The van der Waals surface area contributed by atoms with E-state index in [0.717, 1.165) is 10.9 Å². The van der Waals surface area contributed by atoms with Gasteiger partial charge in [0.25, 0.3) is 11.8 Å². The summed E-state index contributed by atoms with van der Waals surface area (Å²) in [4.78, 5) is 43.6. The van der Waals surface area contributed by atoms with Gasteiger partial charge in [0.05, 0.1) is 0 Å². The van der Waals surface area contributed by atoms with Crippen LogP contribution in [0.15, 0.2) is 60.7 Å². The number of carbonyl (C=O) groups excluding carboxylic acids is 3. The second kappa shape index (κ2) is 7.91. The molecule has 2 heterocycles. The Kier molecular flexibility index (Phi) is 5.27. The number of ether oxygens (including phenoxy) is 1. The molecule has 2 N–H and O–H groups in total. The number of H-pyrrole nitrogens is 1. The summed E-state index contributed by atoms with van der Waals surface area (Å²) in [6, 6.07) is 17.3. The van der Waals surface area contributed by atoms with E-state index in [2.05, 4.69) is 10.3 Å². The fourth-order valence-corrected chi connectivity index (χ4v) is 3.74. The molecule has 1 aliphatic heterocycles. The Morgan fingerprint density at radius 1 is 1.06 bits per heavy atom. The molecule has 0 radical (unpaired) electrons. The summed E-state index contributed by atoms with van der Waals surface area (Å²) in [5.74, 6) is -2.12. The smallest absolute Gasteiger partial charge is 0.313 e. The first kappa shape index (κ1) is 20.7. The third-order valence-electron chi connectivity index (χ3n) is 5.15. The van der Waals surface area contributed by atoms with Gasteiger partial charge in [-0.15, -0.1) is 0 Å². The van der Waals surface area contributed by atoms with Gasteiger partial charge in [-0.25, -0.2) is 0 Å². The van der Waals surface area contributed by atoms with Gasteiger partial charge in [0.1, 0.15) is 23.3 Å². The van der Waals surface area contributed by atoms with Crippen molar-refractivity contribution in [1.29, 1.82) is 0 Å². The Balaban J connectivity index is 1.61. The fourth-order valence-electron chi connectivity index (χ4n) is 3.74. The van der Waals surface area contributed by atoms with Crippen LogP contribution in [0.2, 0.25) is 0 Å². The SMILES string of the molecule is CC(C)(C)OC(=O)[C@H]1CN(c2ccccc2)C(=O)[C@H]1NC(=O)c1cc2ccccc2[nH]1. The predicted octanol–water partition coefficient (Wildman–Crippen LogP) is 3.27. The van der Waals surface area contributed by atoms with Crippen LogP contribution >= 0.6 is 0 Å². The van der Waals surface area contributed by atoms with Gasteiger partial charge < -0.3 is 19.9 Å².